The summed E-state index contributed by atoms with van der Waals surface area (Å²) in [5.74, 6) is -1.48. The first-order valence-corrected chi connectivity index (χ1v) is 7.83. The minimum absolute atomic E-state index is 0.0422. The molecule has 2 amide bonds. The van der Waals surface area contributed by atoms with Gasteiger partial charge in [0, 0.05) is 31.9 Å². The molecule has 1 aromatic carbocycles. The number of urea groups is 1. The molecule has 1 aromatic heterocycles. The number of halogens is 2. The van der Waals surface area contributed by atoms with E-state index in [1.807, 2.05) is 25.5 Å². The molecule has 5 nitrogen and oxygen atoms in total. The molecule has 0 bridgehead atoms. The summed E-state index contributed by atoms with van der Waals surface area (Å²) in [4.78, 5) is 13.6. The first-order chi connectivity index (χ1) is 11.3. The Morgan fingerprint density at radius 2 is 2.04 bits per heavy atom. The maximum Gasteiger partial charge on any atom is 0.321 e. The van der Waals surface area contributed by atoms with E-state index >= 15 is 0 Å². The fourth-order valence-electron chi connectivity index (χ4n) is 2.59. The second-order valence-electron chi connectivity index (χ2n) is 5.69. The summed E-state index contributed by atoms with van der Waals surface area (Å²) in [6, 6.07) is 2.60. The van der Waals surface area contributed by atoms with Crippen molar-refractivity contribution in [3.8, 4) is 0 Å². The van der Waals surface area contributed by atoms with Gasteiger partial charge in [-0.2, -0.15) is 5.10 Å². The van der Waals surface area contributed by atoms with Crippen molar-refractivity contribution >= 4 is 11.7 Å². The third kappa shape index (κ3) is 3.90. The molecule has 0 aliphatic carbocycles. The van der Waals surface area contributed by atoms with Crippen molar-refractivity contribution in [1.29, 1.82) is 0 Å². The molecule has 0 unspecified atom stereocenters. The number of amides is 2. The number of benzene rings is 1. The number of hydrogen-bond acceptors (Lipinski definition) is 2. The molecule has 24 heavy (non-hydrogen) atoms. The zero-order valence-corrected chi connectivity index (χ0v) is 14.4. The summed E-state index contributed by atoms with van der Waals surface area (Å²) in [7, 11) is 1.63. The summed E-state index contributed by atoms with van der Waals surface area (Å²) >= 11 is 0. The zero-order chi connectivity index (χ0) is 17.9. The van der Waals surface area contributed by atoms with Gasteiger partial charge in [-0.1, -0.05) is 0 Å². The Balaban J connectivity index is 1.98. The Morgan fingerprint density at radius 3 is 2.62 bits per heavy atom. The van der Waals surface area contributed by atoms with Crippen LogP contribution in [-0.4, -0.2) is 34.3 Å². The second-order valence-corrected chi connectivity index (χ2v) is 5.69. The molecule has 1 heterocycles. The highest BCUT2D eigenvalue weighted by Gasteiger charge is 2.15. The van der Waals surface area contributed by atoms with E-state index in [-0.39, 0.29) is 5.69 Å². The summed E-state index contributed by atoms with van der Waals surface area (Å²) in [5.41, 5.74) is 3.12. The highest BCUT2D eigenvalue weighted by atomic mass is 19.1. The van der Waals surface area contributed by atoms with Gasteiger partial charge in [0.1, 0.15) is 11.6 Å². The highest BCUT2D eigenvalue weighted by Crippen LogP contribution is 2.16. The van der Waals surface area contributed by atoms with Crippen LogP contribution in [0.3, 0.4) is 0 Å². The van der Waals surface area contributed by atoms with E-state index in [2.05, 4.69) is 10.4 Å². The standard InChI is InChI=1S/C17H22F2N4O/c1-5-23-12(3)14(11(2)21-23)8-9-22(4)17(24)20-16-7-6-13(18)10-15(16)19/h6-7,10H,5,8-9H2,1-4H3,(H,20,24). The molecule has 1 N–H and O–H groups in total. The molecular weight excluding hydrogens is 314 g/mol. The van der Waals surface area contributed by atoms with E-state index in [4.69, 9.17) is 0 Å². The maximum absolute atomic E-state index is 13.6. The van der Waals surface area contributed by atoms with Crippen molar-refractivity contribution in [2.24, 2.45) is 0 Å². The van der Waals surface area contributed by atoms with E-state index in [1.54, 1.807) is 7.05 Å². The number of hydrogen-bond donors (Lipinski definition) is 1. The van der Waals surface area contributed by atoms with E-state index in [0.29, 0.717) is 13.0 Å². The minimum Gasteiger partial charge on any atom is -0.327 e. The quantitative estimate of drug-likeness (QED) is 0.908. The second kappa shape index (κ2) is 7.42. The first-order valence-electron chi connectivity index (χ1n) is 7.83. The average Bonchev–Trinajstić information content (AvgIpc) is 2.81. The number of aryl methyl sites for hydroxylation is 2. The Morgan fingerprint density at radius 1 is 1.33 bits per heavy atom. The molecule has 0 spiro atoms. The molecule has 0 saturated carbocycles. The average molecular weight is 336 g/mol. The van der Waals surface area contributed by atoms with Crippen LogP contribution >= 0.6 is 0 Å². The third-order valence-electron chi connectivity index (χ3n) is 4.05. The Bertz CT molecular complexity index is 742. The van der Waals surface area contributed by atoms with Crippen LogP contribution in [0.2, 0.25) is 0 Å². The van der Waals surface area contributed by atoms with Crippen LogP contribution in [0.5, 0.6) is 0 Å². The number of rotatable bonds is 5. The Kier molecular flexibility index (Phi) is 5.54. The van der Waals surface area contributed by atoms with Gasteiger partial charge in [0.2, 0.25) is 0 Å². The molecule has 130 valence electrons. The molecule has 0 saturated heterocycles. The highest BCUT2D eigenvalue weighted by molar-refractivity contribution is 5.89. The molecule has 7 heteroatoms. The molecule has 0 atom stereocenters. The predicted octanol–water partition coefficient (Wildman–Crippen LogP) is 3.50. The summed E-state index contributed by atoms with van der Waals surface area (Å²) in [5, 5.41) is 6.90. The lowest BCUT2D eigenvalue weighted by Crippen LogP contribution is -2.33. The topological polar surface area (TPSA) is 50.2 Å². The summed E-state index contributed by atoms with van der Waals surface area (Å²) in [6.45, 7) is 7.24. The molecule has 0 radical (unpaired) electrons. The number of nitrogens with zero attached hydrogens (tertiary/aromatic N) is 3. The van der Waals surface area contributed by atoms with Crippen molar-refractivity contribution in [2.75, 3.05) is 18.9 Å². The van der Waals surface area contributed by atoms with Gasteiger partial charge in [-0.25, -0.2) is 13.6 Å². The van der Waals surface area contributed by atoms with Crippen LogP contribution in [0.4, 0.5) is 19.3 Å². The van der Waals surface area contributed by atoms with Gasteiger partial charge in [-0.05, 0) is 44.9 Å². The SMILES string of the molecule is CCn1nc(C)c(CCN(C)C(=O)Nc2ccc(F)cc2F)c1C. The van der Waals surface area contributed by atoms with Crippen LogP contribution in [0.1, 0.15) is 23.9 Å². The molecule has 0 aliphatic heterocycles. The normalized spacial score (nSPS) is 10.8. The molecule has 2 aromatic rings. The van der Waals surface area contributed by atoms with Crippen molar-refractivity contribution in [3.63, 3.8) is 0 Å². The summed E-state index contributed by atoms with van der Waals surface area (Å²) < 4.78 is 28.4. The fraction of sp³-hybridized carbons (Fsp3) is 0.412. The van der Waals surface area contributed by atoms with Gasteiger partial charge in [-0.3, -0.25) is 4.68 Å². The summed E-state index contributed by atoms with van der Waals surface area (Å²) in [6.07, 6.45) is 0.660. The number of carbonyl (C=O) groups excluding carboxylic acids is 1. The fourth-order valence-corrected chi connectivity index (χ4v) is 2.59. The van der Waals surface area contributed by atoms with Crippen LogP contribution < -0.4 is 5.32 Å². The Labute approximate surface area is 140 Å². The molecule has 0 aliphatic rings. The van der Waals surface area contributed by atoms with Crippen molar-refractivity contribution < 1.29 is 13.6 Å². The van der Waals surface area contributed by atoms with Gasteiger partial charge in [0.05, 0.1) is 11.4 Å². The number of aromatic nitrogens is 2. The molecular formula is C17H22F2N4O. The van der Waals surface area contributed by atoms with Crippen molar-refractivity contribution in [3.05, 3.63) is 46.8 Å². The number of nitrogens with one attached hydrogen (secondary N) is 1. The smallest absolute Gasteiger partial charge is 0.321 e. The van der Waals surface area contributed by atoms with Gasteiger partial charge in [0.15, 0.2) is 0 Å². The van der Waals surface area contributed by atoms with Gasteiger partial charge in [-0.15, -0.1) is 0 Å². The lowest BCUT2D eigenvalue weighted by atomic mass is 10.1. The van der Waals surface area contributed by atoms with E-state index < -0.39 is 17.7 Å². The molecule has 2 rings (SSSR count). The van der Waals surface area contributed by atoms with Crippen LogP contribution in [0.25, 0.3) is 0 Å². The first kappa shape index (κ1) is 17.9. The van der Waals surface area contributed by atoms with Crippen LogP contribution in [0, 0.1) is 25.5 Å². The van der Waals surface area contributed by atoms with E-state index in [9.17, 15) is 13.6 Å². The zero-order valence-electron chi connectivity index (χ0n) is 14.4. The van der Waals surface area contributed by atoms with Gasteiger partial charge in [0.25, 0.3) is 0 Å². The number of likely N-dealkylation sites (N-methyl/N-ethyl adjacent to an activating group) is 1. The van der Waals surface area contributed by atoms with Crippen LogP contribution in [0.15, 0.2) is 18.2 Å². The van der Waals surface area contributed by atoms with E-state index in [0.717, 1.165) is 35.6 Å². The van der Waals surface area contributed by atoms with Crippen LogP contribution in [-0.2, 0) is 13.0 Å². The Hall–Kier alpha value is -2.44. The lowest BCUT2D eigenvalue weighted by Gasteiger charge is -2.18. The predicted molar refractivity (Wildman–Crippen MR) is 89.1 cm³/mol. The van der Waals surface area contributed by atoms with Crippen molar-refractivity contribution in [2.45, 2.75) is 33.7 Å². The monoisotopic (exact) mass is 336 g/mol. The largest absolute Gasteiger partial charge is 0.327 e. The van der Waals surface area contributed by atoms with Gasteiger partial charge >= 0.3 is 6.03 Å². The molecule has 0 fully saturated rings. The van der Waals surface area contributed by atoms with E-state index in [1.165, 1.54) is 11.0 Å². The third-order valence-corrected chi connectivity index (χ3v) is 4.05. The number of anilines is 1. The van der Waals surface area contributed by atoms with Gasteiger partial charge < -0.3 is 10.2 Å². The maximum atomic E-state index is 13.6. The lowest BCUT2D eigenvalue weighted by molar-refractivity contribution is 0.223. The van der Waals surface area contributed by atoms with Crippen molar-refractivity contribution in [1.82, 2.24) is 14.7 Å². The minimum atomic E-state index is -0.798. The number of carbonyl (C=O) groups is 1.